The summed E-state index contributed by atoms with van der Waals surface area (Å²) in [6.45, 7) is 2.32. The summed E-state index contributed by atoms with van der Waals surface area (Å²) in [5.41, 5.74) is 1.08. The number of piperidine rings is 1. The van der Waals surface area contributed by atoms with Crippen LogP contribution in [0.5, 0.6) is 0 Å². The molecule has 1 aliphatic rings. The Kier molecular flexibility index (Phi) is 3.54. The second kappa shape index (κ2) is 5.15. The van der Waals surface area contributed by atoms with Gasteiger partial charge in [-0.05, 0) is 44.6 Å². The van der Waals surface area contributed by atoms with E-state index in [0.29, 0.717) is 6.04 Å². The van der Waals surface area contributed by atoms with Crippen LogP contribution in [0.25, 0.3) is 10.2 Å². The van der Waals surface area contributed by atoms with E-state index in [1.165, 1.54) is 24.1 Å². The average molecular weight is 326 g/mol. The number of halogens is 1. The van der Waals surface area contributed by atoms with E-state index < -0.39 is 0 Å². The van der Waals surface area contributed by atoms with Gasteiger partial charge in [0.15, 0.2) is 5.13 Å². The van der Waals surface area contributed by atoms with E-state index in [1.54, 1.807) is 11.3 Å². The van der Waals surface area contributed by atoms with E-state index >= 15 is 0 Å². The van der Waals surface area contributed by atoms with E-state index in [-0.39, 0.29) is 0 Å². The largest absolute Gasteiger partial charge is 0.357 e. The number of nitrogens with zero attached hydrogens (tertiary/aromatic N) is 2. The molecule has 1 saturated heterocycles. The molecule has 1 N–H and O–H groups in total. The zero-order valence-electron chi connectivity index (χ0n) is 10.3. The molecule has 5 heteroatoms. The molecule has 1 fully saturated rings. The smallest absolute Gasteiger partial charge is 0.184 e. The lowest BCUT2D eigenvalue weighted by Gasteiger charge is -2.29. The van der Waals surface area contributed by atoms with Gasteiger partial charge in [0.05, 0.1) is 10.2 Å². The van der Waals surface area contributed by atoms with Gasteiger partial charge in [0.1, 0.15) is 0 Å². The molecular formula is C13H16BrN3S. The van der Waals surface area contributed by atoms with Gasteiger partial charge in [-0.3, -0.25) is 0 Å². The summed E-state index contributed by atoms with van der Waals surface area (Å²) < 4.78 is 2.35. The molecule has 0 amide bonds. The first kappa shape index (κ1) is 12.4. The summed E-state index contributed by atoms with van der Waals surface area (Å²) in [5, 5.41) is 4.62. The first-order valence-corrected chi connectivity index (χ1v) is 7.83. The molecule has 2 heterocycles. The highest BCUT2D eigenvalue weighted by Crippen LogP contribution is 2.29. The van der Waals surface area contributed by atoms with E-state index in [4.69, 9.17) is 0 Å². The van der Waals surface area contributed by atoms with Crippen molar-refractivity contribution in [3.63, 3.8) is 0 Å². The van der Waals surface area contributed by atoms with Crippen molar-refractivity contribution < 1.29 is 0 Å². The number of hydrogen-bond donors (Lipinski definition) is 1. The van der Waals surface area contributed by atoms with Crippen LogP contribution in [0.15, 0.2) is 22.7 Å². The molecule has 18 heavy (non-hydrogen) atoms. The Labute approximate surface area is 119 Å². The van der Waals surface area contributed by atoms with Crippen molar-refractivity contribution in [1.29, 1.82) is 0 Å². The fourth-order valence-electron chi connectivity index (χ4n) is 2.42. The first-order valence-electron chi connectivity index (χ1n) is 6.22. The SMILES string of the molecule is CN1CCCC(Nc2nc3ccc(Br)cc3s2)C1. The molecule has 1 unspecified atom stereocenters. The molecule has 1 aromatic carbocycles. The van der Waals surface area contributed by atoms with Gasteiger partial charge >= 0.3 is 0 Å². The van der Waals surface area contributed by atoms with Crippen molar-refractivity contribution in [3.8, 4) is 0 Å². The summed E-state index contributed by atoms with van der Waals surface area (Å²) in [6.07, 6.45) is 2.51. The minimum absolute atomic E-state index is 0.535. The molecule has 96 valence electrons. The molecule has 0 saturated carbocycles. The van der Waals surface area contributed by atoms with Crippen molar-refractivity contribution in [3.05, 3.63) is 22.7 Å². The highest BCUT2D eigenvalue weighted by molar-refractivity contribution is 9.10. The van der Waals surface area contributed by atoms with Crippen molar-refractivity contribution >= 4 is 42.6 Å². The molecule has 0 spiro atoms. The molecule has 3 nitrogen and oxygen atoms in total. The zero-order chi connectivity index (χ0) is 12.5. The minimum atomic E-state index is 0.535. The minimum Gasteiger partial charge on any atom is -0.357 e. The van der Waals surface area contributed by atoms with Crippen LogP contribution >= 0.6 is 27.3 Å². The van der Waals surface area contributed by atoms with Gasteiger partial charge in [0.25, 0.3) is 0 Å². The van der Waals surface area contributed by atoms with Gasteiger partial charge in [-0.25, -0.2) is 4.98 Å². The van der Waals surface area contributed by atoms with Gasteiger partial charge < -0.3 is 10.2 Å². The van der Waals surface area contributed by atoms with E-state index in [0.717, 1.165) is 21.7 Å². The number of benzene rings is 1. The molecule has 0 radical (unpaired) electrons. The molecule has 1 aliphatic heterocycles. The lowest BCUT2D eigenvalue weighted by molar-refractivity contribution is 0.261. The van der Waals surface area contributed by atoms with Gasteiger partial charge in [-0.1, -0.05) is 27.3 Å². The topological polar surface area (TPSA) is 28.2 Å². The van der Waals surface area contributed by atoms with Crippen molar-refractivity contribution in [1.82, 2.24) is 9.88 Å². The summed E-state index contributed by atoms with van der Waals surface area (Å²) in [6, 6.07) is 6.77. The van der Waals surface area contributed by atoms with Crippen LogP contribution in [0.4, 0.5) is 5.13 Å². The molecule has 0 aliphatic carbocycles. The Morgan fingerprint density at radius 1 is 1.50 bits per heavy atom. The molecule has 0 bridgehead atoms. The number of fused-ring (bicyclic) bond motifs is 1. The summed E-state index contributed by atoms with van der Waals surface area (Å²) in [4.78, 5) is 7.02. The standard InChI is InChI=1S/C13H16BrN3S/c1-17-6-2-3-10(8-17)15-13-16-11-5-4-9(14)7-12(11)18-13/h4-5,7,10H,2-3,6,8H2,1H3,(H,15,16). The third-order valence-electron chi connectivity index (χ3n) is 3.30. The van der Waals surface area contributed by atoms with Crippen LogP contribution in [0.2, 0.25) is 0 Å². The number of anilines is 1. The third kappa shape index (κ3) is 2.68. The van der Waals surface area contributed by atoms with Gasteiger partial charge in [-0.2, -0.15) is 0 Å². The fourth-order valence-corrected chi connectivity index (χ4v) is 3.91. The lowest BCUT2D eigenvalue weighted by atomic mass is 10.1. The Bertz CT molecular complexity index is 554. The number of rotatable bonds is 2. The van der Waals surface area contributed by atoms with Gasteiger partial charge in [0.2, 0.25) is 0 Å². The Hall–Kier alpha value is -0.650. The van der Waals surface area contributed by atoms with E-state index in [9.17, 15) is 0 Å². The number of likely N-dealkylation sites (tertiary alicyclic amines) is 1. The van der Waals surface area contributed by atoms with Crippen molar-refractivity contribution in [2.24, 2.45) is 0 Å². The van der Waals surface area contributed by atoms with Gasteiger partial charge in [0, 0.05) is 17.1 Å². The number of hydrogen-bond acceptors (Lipinski definition) is 4. The summed E-state index contributed by atoms with van der Waals surface area (Å²) >= 11 is 5.24. The average Bonchev–Trinajstić information content (AvgIpc) is 2.70. The quantitative estimate of drug-likeness (QED) is 0.914. The monoisotopic (exact) mass is 325 g/mol. The second-order valence-electron chi connectivity index (χ2n) is 4.88. The Morgan fingerprint density at radius 2 is 2.39 bits per heavy atom. The number of nitrogens with one attached hydrogen (secondary N) is 1. The summed E-state index contributed by atoms with van der Waals surface area (Å²) in [5.74, 6) is 0. The van der Waals surface area contributed by atoms with Crippen LogP contribution in [-0.2, 0) is 0 Å². The predicted molar refractivity (Wildman–Crippen MR) is 81.5 cm³/mol. The number of likely N-dealkylation sites (N-methyl/N-ethyl adjacent to an activating group) is 1. The predicted octanol–water partition coefficient (Wildman–Crippen LogP) is 3.56. The molecule has 1 aromatic heterocycles. The molecule has 3 rings (SSSR count). The zero-order valence-corrected chi connectivity index (χ0v) is 12.7. The van der Waals surface area contributed by atoms with Crippen LogP contribution < -0.4 is 5.32 Å². The highest BCUT2D eigenvalue weighted by Gasteiger charge is 2.18. The maximum absolute atomic E-state index is 4.64. The second-order valence-corrected chi connectivity index (χ2v) is 6.82. The molecule has 2 aromatic rings. The van der Waals surface area contributed by atoms with Crippen LogP contribution in [0.3, 0.4) is 0 Å². The van der Waals surface area contributed by atoms with Crippen molar-refractivity contribution in [2.45, 2.75) is 18.9 Å². The highest BCUT2D eigenvalue weighted by atomic mass is 79.9. The maximum Gasteiger partial charge on any atom is 0.184 e. The van der Waals surface area contributed by atoms with Crippen LogP contribution in [-0.4, -0.2) is 36.1 Å². The normalized spacial score (nSPS) is 21.3. The number of aromatic nitrogens is 1. The van der Waals surface area contributed by atoms with E-state index in [1.807, 2.05) is 6.07 Å². The summed E-state index contributed by atoms with van der Waals surface area (Å²) in [7, 11) is 2.18. The van der Waals surface area contributed by atoms with Crippen LogP contribution in [0.1, 0.15) is 12.8 Å². The molecule has 1 atom stereocenters. The lowest BCUT2D eigenvalue weighted by Crippen LogP contribution is -2.39. The van der Waals surface area contributed by atoms with Gasteiger partial charge in [-0.15, -0.1) is 0 Å². The maximum atomic E-state index is 4.64. The third-order valence-corrected chi connectivity index (χ3v) is 4.75. The van der Waals surface area contributed by atoms with Crippen molar-refractivity contribution in [2.75, 3.05) is 25.5 Å². The Balaban J connectivity index is 1.78. The van der Waals surface area contributed by atoms with Crippen LogP contribution in [0, 0.1) is 0 Å². The number of thiazole rings is 1. The first-order chi connectivity index (χ1) is 8.70. The fraction of sp³-hybridized carbons (Fsp3) is 0.462. The molecular weight excluding hydrogens is 310 g/mol. The van der Waals surface area contributed by atoms with E-state index in [2.05, 4.69) is 50.3 Å². The Morgan fingerprint density at radius 3 is 3.22 bits per heavy atom.